The Balaban J connectivity index is 2.51. The van der Waals surface area contributed by atoms with Gasteiger partial charge in [0, 0.05) is 11.5 Å². The highest BCUT2D eigenvalue weighted by molar-refractivity contribution is 7.94. The second-order valence-corrected chi connectivity index (χ2v) is 5.41. The Labute approximate surface area is 125 Å². The fraction of sp³-hybridized carbons (Fsp3) is 0.417. The minimum atomic E-state index is -1.77. The Hall–Kier alpha value is -1.36. The van der Waals surface area contributed by atoms with E-state index in [1.807, 2.05) is 0 Å². The third-order valence-electron chi connectivity index (χ3n) is 3.61. The predicted octanol–water partition coefficient (Wildman–Crippen LogP) is 2.44. The van der Waals surface area contributed by atoms with Crippen molar-refractivity contribution in [2.45, 2.75) is 30.1 Å². The molecule has 1 aromatic carbocycles. The van der Waals surface area contributed by atoms with E-state index in [1.54, 1.807) is 0 Å². The van der Waals surface area contributed by atoms with Crippen LogP contribution in [-0.4, -0.2) is 11.1 Å². The first-order chi connectivity index (χ1) is 10.4. The maximum Gasteiger partial charge on any atom is 0.307 e. The molecule has 0 amide bonds. The van der Waals surface area contributed by atoms with Gasteiger partial charge in [-0.2, -0.15) is 4.33 Å². The molecule has 1 saturated carbocycles. The zero-order chi connectivity index (χ0) is 16.4. The van der Waals surface area contributed by atoms with Gasteiger partial charge in [0.25, 0.3) is 0 Å². The molecule has 0 saturated heterocycles. The van der Waals surface area contributed by atoms with Crippen LogP contribution in [-0.2, 0) is 14.2 Å². The molecule has 0 heterocycles. The lowest BCUT2D eigenvalue weighted by Gasteiger charge is -2.19. The van der Waals surface area contributed by atoms with E-state index in [9.17, 15) is 27.6 Å². The number of rotatable bonds is 5. The molecule has 0 aliphatic heterocycles. The molecule has 1 aliphatic rings. The Bertz CT molecular complexity index is 568. The normalized spacial score (nSPS) is 21.3. The summed E-state index contributed by atoms with van der Waals surface area (Å²) in [6, 6.07) is 0. The second-order valence-electron chi connectivity index (χ2n) is 4.70. The van der Waals surface area contributed by atoms with Crippen molar-refractivity contribution in [2.75, 3.05) is 0 Å². The number of halogens is 4. The van der Waals surface area contributed by atoms with Crippen molar-refractivity contribution in [3.63, 3.8) is 0 Å². The van der Waals surface area contributed by atoms with Crippen molar-refractivity contribution >= 4 is 18.0 Å². The first kappa shape index (κ1) is 17.0. The average Bonchev–Trinajstić information content (AvgIpc) is 2.95. The molecule has 5 nitrogen and oxygen atoms in total. The van der Waals surface area contributed by atoms with Gasteiger partial charge in [-0.05, 0) is 12.8 Å². The largest absolute Gasteiger partial charge is 0.691 e. The summed E-state index contributed by atoms with van der Waals surface area (Å²) < 4.78 is 59.4. The summed E-state index contributed by atoms with van der Waals surface area (Å²) in [4.78, 5) is 9.86. The molecule has 1 aliphatic carbocycles. The lowest BCUT2D eigenvalue weighted by atomic mass is 9.88. The average molecular weight is 341 g/mol. The topological polar surface area (TPSA) is 78.8 Å². The molecule has 0 bridgehead atoms. The van der Waals surface area contributed by atoms with Gasteiger partial charge in [0.1, 0.15) is 4.90 Å². The summed E-state index contributed by atoms with van der Waals surface area (Å²) in [5.41, 5.74) is -0.938. The molecule has 1 aromatic rings. The Kier molecular flexibility index (Phi) is 5.27. The van der Waals surface area contributed by atoms with E-state index in [4.69, 9.17) is 5.11 Å². The Morgan fingerprint density at radius 1 is 1.14 bits per heavy atom. The van der Waals surface area contributed by atoms with E-state index in [0.29, 0.717) is 6.42 Å². The summed E-state index contributed by atoms with van der Waals surface area (Å²) in [7, 11) is 0. The number of carboxylic acids is 1. The van der Waals surface area contributed by atoms with Crippen LogP contribution in [0.5, 0.6) is 0 Å². The summed E-state index contributed by atoms with van der Waals surface area (Å²) in [6.07, 6.45) is 0.621. The molecule has 122 valence electrons. The van der Waals surface area contributed by atoms with Gasteiger partial charge >= 0.3 is 5.97 Å². The summed E-state index contributed by atoms with van der Waals surface area (Å²) >= 11 is -0.321. The monoisotopic (exact) mass is 341 g/mol. The number of benzene rings is 1. The van der Waals surface area contributed by atoms with Crippen molar-refractivity contribution in [3.05, 3.63) is 28.8 Å². The van der Waals surface area contributed by atoms with E-state index in [0.717, 1.165) is 0 Å². The molecule has 22 heavy (non-hydrogen) atoms. The standard InChI is InChI=1S/C12H10F4O5S/c13-7-6(4-2-1-3-5(4)12(17)18)8(14)10(16)11(9(7)15)22-21-20-19/h4-5,19H,1-3H2,(H,17,18)/p-1. The minimum Gasteiger partial charge on any atom is -0.691 e. The molecule has 2 atom stereocenters. The zero-order valence-electron chi connectivity index (χ0n) is 10.8. The van der Waals surface area contributed by atoms with Crippen LogP contribution in [0.2, 0.25) is 0 Å². The first-order valence-corrected chi connectivity index (χ1v) is 6.86. The maximum atomic E-state index is 14.1. The summed E-state index contributed by atoms with van der Waals surface area (Å²) in [5, 5.41) is 21.5. The smallest absolute Gasteiger partial charge is 0.307 e. The highest BCUT2D eigenvalue weighted by Gasteiger charge is 2.40. The van der Waals surface area contributed by atoms with E-state index in [1.165, 1.54) is 0 Å². The summed E-state index contributed by atoms with van der Waals surface area (Å²) in [6.45, 7) is 0. The van der Waals surface area contributed by atoms with Gasteiger partial charge in [0.05, 0.1) is 18.0 Å². The van der Waals surface area contributed by atoms with Crippen LogP contribution in [0.3, 0.4) is 0 Å². The highest BCUT2D eigenvalue weighted by atomic mass is 32.2. The fourth-order valence-electron chi connectivity index (χ4n) is 2.68. The number of carbonyl (C=O) groups is 1. The number of hydrogen-bond donors (Lipinski definition) is 1. The van der Waals surface area contributed by atoms with Crippen molar-refractivity contribution < 1.29 is 42.1 Å². The van der Waals surface area contributed by atoms with Crippen molar-refractivity contribution in [3.8, 4) is 0 Å². The zero-order valence-corrected chi connectivity index (χ0v) is 11.6. The third-order valence-corrected chi connectivity index (χ3v) is 4.25. The highest BCUT2D eigenvalue weighted by Crippen LogP contribution is 2.44. The van der Waals surface area contributed by atoms with Crippen LogP contribution in [0, 0.1) is 29.2 Å². The fourth-order valence-corrected chi connectivity index (χ4v) is 3.10. The molecule has 1 N–H and O–H groups in total. The van der Waals surface area contributed by atoms with Crippen molar-refractivity contribution in [1.82, 2.24) is 0 Å². The van der Waals surface area contributed by atoms with Gasteiger partial charge in [-0.25, -0.2) is 17.6 Å². The molecule has 2 rings (SSSR count). The first-order valence-electron chi connectivity index (χ1n) is 6.11. The third kappa shape index (κ3) is 2.91. The van der Waals surface area contributed by atoms with Gasteiger partial charge in [0.15, 0.2) is 23.3 Å². The van der Waals surface area contributed by atoms with Gasteiger partial charge < -0.3 is 10.4 Å². The van der Waals surface area contributed by atoms with Crippen LogP contribution >= 0.6 is 12.0 Å². The van der Waals surface area contributed by atoms with Gasteiger partial charge in [-0.3, -0.25) is 9.83 Å². The number of aliphatic carboxylic acids is 1. The molecule has 1 fully saturated rings. The van der Waals surface area contributed by atoms with Crippen molar-refractivity contribution in [1.29, 1.82) is 0 Å². The van der Waals surface area contributed by atoms with Gasteiger partial charge in [0.2, 0.25) is 0 Å². The van der Waals surface area contributed by atoms with E-state index in [-0.39, 0.29) is 24.9 Å². The molecular formula is C12H9F4O5S-. The quantitative estimate of drug-likeness (QED) is 0.291. The van der Waals surface area contributed by atoms with E-state index >= 15 is 0 Å². The van der Waals surface area contributed by atoms with Gasteiger partial charge in [-0.1, -0.05) is 6.42 Å². The molecular weight excluding hydrogens is 332 g/mol. The maximum absolute atomic E-state index is 14.1. The predicted molar refractivity (Wildman–Crippen MR) is 62.0 cm³/mol. The lowest BCUT2D eigenvalue weighted by molar-refractivity contribution is -0.777. The Morgan fingerprint density at radius 3 is 2.23 bits per heavy atom. The molecule has 0 radical (unpaired) electrons. The number of hydrogen-bond acceptors (Lipinski definition) is 5. The molecule has 0 spiro atoms. The van der Waals surface area contributed by atoms with Crippen LogP contribution in [0.25, 0.3) is 0 Å². The minimum absolute atomic E-state index is 0.0936. The summed E-state index contributed by atoms with van der Waals surface area (Å²) in [5.74, 6) is -10.5. The van der Waals surface area contributed by atoms with Crippen LogP contribution in [0.4, 0.5) is 17.6 Å². The second kappa shape index (κ2) is 6.82. The van der Waals surface area contributed by atoms with Gasteiger partial charge in [-0.15, -0.1) is 0 Å². The van der Waals surface area contributed by atoms with Crippen LogP contribution in [0.1, 0.15) is 30.7 Å². The van der Waals surface area contributed by atoms with E-state index in [2.05, 4.69) is 9.37 Å². The Morgan fingerprint density at radius 2 is 1.73 bits per heavy atom. The molecule has 10 heteroatoms. The van der Waals surface area contributed by atoms with E-state index < -0.39 is 51.5 Å². The molecule has 2 unspecified atom stereocenters. The molecule has 0 aromatic heterocycles. The lowest BCUT2D eigenvalue weighted by Crippen LogP contribution is -2.20. The number of carboxylic acid groups (broad SMARTS) is 1. The SMILES string of the molecule is O=C(O)C1CCCC1c1c(F)c(F)c(SOO[O-])c(F)c1F. The van der Waals surface area contributed by atoms with Crippen molar-refractivity contribution in [2.24, 2.45) is 5.92 Å². The van der Waals surface area contributed by atoms with Crippen LogP contribution < -0.4 is 5.26 Å². The van der Waals surface area contributed by atoms with Crippen LogP contribution in [0.15, 0.2) is 4.90 Å².